The molecule has 5 atom stereocenters. The third-order valence-corrected chi connectivity index (χ3v) is 13.5. The van der Waals surface area contributed by atoms with Crippen molar-refractivity contribution >= 4 is 43.1 Å². The predicted octanol–water partition coefficient (Wildman–Crippen LogP) is 6.75. The predicted molar refractivity (Wildman–Crippen MR) is 209 cm³/mol. The zero-order valence-corrected chi connectivity index (χ0v) is 32.4. The molecule has 54 heavy (non-hydrogen) atoms. The number of nitrogens with one attached hydrogen (secondary N) is 1. The summed E-state index contributed by atoms with van der Waals surface area (Å²) >= 11 is 6.60. The highest BCUT2D eigenvalue weighted by atomic mass is 35.5. The summed E-state index contributed by atoms with van der Waals surface area (Å²) in [6.07, 6.45) is 1.85. The fraction of sp³-hybridized carbons (Fsp3) is 0.317. The highest BCUT2D eigenvalue weighted by Gasteiger charge is 2.66. The van der Waals surface area contributed by atoms with Gasteiger partial charge in [0, 0.05) is 46.0 Å². The molecule has 3 N–H and O–H groups in total. The van der Waals surface area contributed by atoms with E-state index in [9.17, 15) is 19.5 Å². The van der Waals surface area contributed by atoms with E-state index >= 15 is 0 Å². The lowest BCUT2D eigenvalue weighted by Gasteiger charge is -2.32. The Hall–Kier alpha value is -4.85. The van der Waals surface area contributed by atoms with Crippen LogP contribution in [0.15, 0.2) is 103 Å². The SMILES string of the molecule is COc1ccc(C(=O)Nc2cccc(CN3C(=O)[C@]4(O[C@H](CCn5cc(C(CO)c6ccccc6)nn5)[C@@H]([Si](C)(C)O)[C@@H]4C)c4cc(Cl)ccc43)c2)cc1. The van der Waals surface area contributed by atoms with Gasteiger partial charge in [-0.15, -0.1) is 5.10 Å². The van der Waals surface area contributed by atoms with Crippen LogP contribution in [-0.4, -0.2) is 64.8 Å². The summed E-state index contributed by atoms with van der Waals surface area (Å²) in [6, 6.07) is 29.4. The molecule has 3 heterocycles. The quantitative estimate of drug-likeness (QED) is 0.119. The maximum Gasteiger partial charge on any atom is 0.264 e. The van der Waals surface area contributed by atoms with Crippen LogP contribution in [0.1, 0.15) is 52.0 Å². The van der Waals surface area contributed by atoms with E-state index < -0.39 is 20.0 Å². The number of aromatic nitrogens is 3. The first kappa shape index (κ1) is 37.5. The van der Waals surface area contributed by atoms with Gasteiger partial charge in [-0.2, -0.15) is 0 Å². The van der Waals surface area contributed by atoms with Crippen LogP contribution in [0.5, 0.6) is 5.75 Å². The number of halogens is 1. The van der Waals surface area contributed by atoms with Crippen molar-refractivity contribution in [1.82, 2.24) is 15.0 Å². The van der Waals surface area contributed by atoms with Gasteiger partial charge in [-0.3, -0.25) is 14.3 Å². The lowest BCUT2D eigenvalue weighted by atomic mass is 9.82. The van der Waals surface area contributed by atoms with Crippen LogP contribution in [0.25, 0.3) is 0 Å². The fourth-order valence-corrected chi connectivity index (χ4v) is 11.0. The van der Waals surface area contributed by atoms with Crippen molar-refractivity contribution in [1.29, 1.82) is 0 Å². The molecule has 1 fully saturated rings. The molecule has 1 spiro atoms. The normalized spacial score (nSPS) is 21.4. The van der Waals surface area contributed by atoms with Gasteiger partial charge in [0.25, 0.3) is 11.8 Å². The Morgan fingerprint density at radius 2 is 1.81 bits per heavy atom. The molecule has 0 bridgehead atoms. The van der Waals surface area contributed by atoms with Crippen LogP contribution in [0.3, 0.4) is 0 Å². The summed E-state index contributed by atoms with van der Waals surface area (Å²) in [5.41, 5.74) is 3.20. The molecule has 2 aliphatic rings. The largest absolute Gasteiger partial charge is 0.497 e. The van der Waals surface area contributed by atoms with E-state index in [2.05, 4.69) is 15.6 Å². The Balaban J connectivity index is 1.13. The lowest BCUT2D eigenvalue weighted by Crippen LogP contribution is -2.46. The summed E-state index contributed by atoms with van der Waals surface area (Å²) in [5, 5.41) is 22.4. The summed E-state index contributed by atoms with van der Waals surface area (Å²) in [6.45, 7) is 6.33. The summed E-state index contributed by atoms with van der Waals surface area (Å²) in [7, 11) is -1.34. The molecule has 2 aliphatic heterocycles. The highest BCUT2D eigenvalue weighted by Crippen LogP contribution is 2.60. The minimum Gasteiger partial charge on any atom is -0.497 e. The summed E-state index contributed by atoms with van der Waals surface area (Å²) in [4.78, 5) is 41.4. The zero-order valence-electron chi connectivity index (χ0n) is 30.6. The highest BCUT2D eigenvalue weighted by molar-refractivity contribution is 6.71. The van der Waals surface area contributed by atoms with Gasteiger partial charge in [-0.1, -0.05) is 66.2 Å². The minimum absolute atomic E-state index is 0.107. The number of rotatable bonds is 12. The third kappa shape index (κ3) is 7.07. The molecule has 1 saturated heterocycles. The number of nitrogens with zero attached hydrogens (tertiary/aromatic N) is 4. The van der Waals surface area contributed by atoms with E-state index in [0.29, 0.717) is 51.9 Å². The maximum absolute atomic E-state index is 14.9. The van der Waals surface area contributed by atoms with Gasteiger partial charge >= 0.3 is 0 Å². The minimum atomic E-state index is -2.92. The summed E-state index contributed by atoms with van der Waals surface area (Å²) in [5.74, 6) is -0.508. The van der Waals surface area contributed by atoms with Gasteiger partial charge < -0.3 is 29.6 Å². The number of fused-ring (bicyclic) bond motifs is 2. The first-order valence-electron chi connectivity index (χ1n) is 18.0. The number of aryl methyl sites for hydroxylation is 1. The number of anilines is 2. The average molecular weight is 766 g/mol. The molecule has 4 aromatic carbocycles. The van der Waals surface area contributed by atoms with E-state index in [-0.39, 0.29) is 42.3 Å². The monoisotopic (exact) mass is 765 g/mol. The second-order valence-electron chi connectivity index (χ2n) is 14.6. The number of ether oxygens (including phenoxy) is 2. The number of carbonyl (C=O) groups is 2. The molecule has 11 nitrogen and oxygen atoms in total. The van der Waals surface area contributed by atoms with Crippen LogP contribution in [0.2, 0.25) is 23.7 Å². The first-order chi connectivity index (χ1) is 25.9. The van der Waals surface area contributed by atoms with Gasteiger partial charge in [0.1, 0.15) is 5.75 Å². The maximum atomic E-state index is 14.9. The molecule has 0 aliphatic carbocycles. The number of aliphatic hydroxyl groups is 1. The molecule has 0 saturated carbocycles. The topological polar surface area (TPSA) is 139 Å². The number of aliphatic hydroxyl groups excluding tert-OH is 1. The van der Waals surface area contributed by atoms with Gasteiger partial charge in [0.05, 0.1) is 43.7 Å². The molecule has 1 unspecified atom stereocenters. The van der Waals surface area contributed by atoms with Crippen molar-refractivity contribution in [2.75, 3.05) is 23.9 Å². The van der Waals surface area contributed by atoms with Crippen molar-refractivity contribution in [2.24, 2.45) is 5.92 Å². The van der Waals surface area contributed by atoms with Crippen LogP contribution in [-0.2, 0) is 28.2 Å². The zero-order chi connectivity index (χ0) is 38.2. The number of methoxy groups -OCH3 is 1. The molecule has 5 aromatic rings. The molecule has 1 aromatic heterocycles. The number of hydrogen-bond donors (Lipinski definition) is 3. The summed E-state index contributed by atoms with van der Waals surface area (Å²) < 4.78 is 13.9. The van der Waals surface area contributed by atoms with E-state index in [1.165, 1.54) is 0 Å². The Labute approximate surface area is 320 Å². The van der Waals surface area contributed by atoms with Gasteiger partial charge in [-0.25, -0.2) is 0 Å². The van der Waals surface area contributed by atoms with Crippen molar-refractivity contribution in [2.45, 2.75) is 62.7 Å². The lowest BCUT2D eigenvalue weighted by molar-refractivity contribution is -0.146. The van der Waals surface area contributed by atoms with Crippen LogP contribution < -0.4 is 15.0 Å². The Morgan fingerprint density at radius 3 is 2.52 bits per heavy atom. The number of benzene rings is 4. The van der Waals surface area contributed by atoms with E-state index in [4.69, 9.17) is 21.1 Å². The van der Waals surface area contributed by atoms with Crippen molar-refractivity contribution < 1.29 is 29.0 Å². The van der Waals surface area contributed by atoms with Crippen molar-refractivity contribution in [3.05, 3.63) is 136 Å². The number of amides is 2. The van der Waals surface area contributed by atoms with Gasteiger partial charge in [-0.05, 0) is 85.2 Å². The Kier molecular flexibility index (Phi) is 10.5. The molecule has 0 radical (unpaired) electrons. The standard InChI is InChI=1S/C41H44ClN5O6Si/c1-26-38(54(3,4)51)37(19-20-46-24-35(44-45-46)33(25-48)28-10-6-5-7-11-28)53-41(26)34-22-30(42)15-18-36(34)47(40(41)50)23-27-9-8-12-31(21-27)43-39(49)29-13-16-32(52-2)17-14-29/h5-18,21-22,24,26,33,37-38,48,51H,19-20,23,25H2,1-4H3,(H,43,49)/t26-,33?,37+,38-,41+/m0/s1. The smallest absolute Gasteiger partial charge is 0.264 e. The third-order valence-electron chi connectivity index (χ3n) is 10.8. The van der Waals surface area contributed by atoms with Gasteiger partial charge in [0.2, 0.25) is 0 Å². The van der Waals surface area contributed by atoms with Crippen LogP contribution in [0.4, 0.5) is 11.4 Å². The second-order valence-corrected chi connectivity index (χ2v) is 19.0. The second kappa shape index (κ2) is 15.1. The molecule has 280 valence electrons. The van der Waals surface area contributed by atoms with E-state index in [1.807, 2.05) is 86.9 Å². The number of carbonyl (C=O) groups excluding carboxylic acids is 2. The number of hydrogen-bond acceptors (Lipinski definition) is 8. The fourth-order valence-electron chi connectivity index (χ4n) is 8.25. The molecular weight excluding hydrogens is 722 g/mol. The first-order valence-corrected chi connectivity index (χ1v) is 21.5. The van der Waals surface area contributed by atoms with Crippen molar-refractivity contribution in [3.8, 4) is 5.75 Å². The molecular formula is C41H44ClN5O6Si. The average Bonchev–Trinajstić information content (AvgIpc) is 3.81. The van der Waals surface area contributed by atoms with E-state index in [0.717, 1.165) is 11.1 Å². The molecule has 7 rings (SSSR count). The van der Waals surface area contributed by atoms with Crippen LogP contribution >= 0.6 is 11.6 Å². The Bertz CT molecular complexity index is 2140. The van der Waals surface area contributed by atoms with Crippen LogP contribution in [0, 0.1) is 5.92 Å². The molecule has 2 amide bonds. The van der Waals surface area contributed by atoms with Gasteiger partial charge in [0.15, 0.2) is 13.9 Å². The molecule has 13 heteroatoms. The Morgan fingerprint density at radius 1 is 1.06 bits per heavy atom. The van der Waals surface area contributed by atoms with Crippen molar-refractivity contribution in [3.63, 3.8) is 0 Å². The van der Waals surface area contributed by atoms with E-state index in [1.54, 1.807) is 53.1 Å².